The number of carbonyl (C=O) groups is 1. The van der Waals surface area contributed by atoms with E-state index in [1.165, 1.54) is 11.8 Å². The fraction of sp³-hybridized carbons (Fsp3) is 0.333. The minimum Gasteiger partial charge on any atom is -0.545 e. The summed E-state index contributed by atoms with van der Waals surface area (Å²) in [5.74, 6) is 0.00706. The molecule has 0 amide bonds. The first-order chi connectivity index (χ1) is 15.4. The summed E-state index contributed by atoms with van der Waals surface area (Å²) in [5.41, 5.74) is 3.52. The number of aryl methyl sites for hydroxylation is 2. The maximum Gasteiger partial charge on any atom is 1.00 e. The summed E-state index contributed by atoms with van der Waals surface area (Å²) >= 11 is 1.64. The monoisotopic (exact) mass is 467 g/mol. The summed E-state index contributed by atoms with van der Waals surface area (Å²) in [6.07, 6.45) is 4.44. The predicted octanol–water partition coefficient (Wildman–Crippen LogP) is 3.06. The van der Waals surface area contributed by atoms with Crippen LogP contribution in [0.5, 0.6) is 5.75 Å². The molecule has 1 saturated carbocycles. The molecule has 4 nitrogen and oxygen atoms in total. The predicted molar refractivity (Wildman–Crippen MR) is 128 cm³/mol. The van der Waals surface area contributed by atoms with Gasteiger partial charge in [0.05, 0.1) is 33.5 Å². The molecule has 0 N–H and O–H groups in total. The number of rotatable bonds is 4. The van der Waals surface area contributed by atoms with Crippen LogP contribution in [0.2, 0.25) is 0 Å². The molecule has 33 heavy (non-hydrogen) atoms. The Bertz CT molecular complexity index is 1350. The standard InChI is InChI=1S/C27H27NO3S.Na/c1-15-7-6-8-18(13-15)31-22-12-11-16(2)25-24(22)20(27(29)30)14-21(28-25)26-17(3)19-9-4-5-10-23(19)32-26;/h4-5,9-12,14-15,18H,6-8,13H2,1-3H3,(H,29,30);/q;+1/p-1/t15-,18-;/m0./s1. The van der Waals surface area contributed by atoms with Crippen LogP contribution in [0.4, 0.5) is 0 Å². The molecule has 0 unspecified atom stereocenters. The van der Waals surface area contributed by atoms with Gasteiger partial charge in [-0.2, -0.15) is 0 Å². The Labute approximate surface area is 220 Å². The van der Waals surface area contributed by atoms with Crippen molar-refractivity contribution in [3.63, 3.8) is 0 Å². The molecule has 1 fully saturated rings. The number of pyridine rings is 1. The summed E-state index contributed by atoms with van der Waals surface area (Å²) < 4.78 is 7.54. The normalized spacial score (nSPS) is 18.3. The fourth-order valence-electron chi connectivity index (χ4n) is 4.90. The quantitative estimate of drug-likeness (QED) is 0.433. The van der Waals surface area contributed by atoms with Gasteiger partial charge in [0.25, 0.3) is 0 Å². The molecular weight excluding hydrogens is 441 g/mol. The third-order valence-electron chi connectivity index (χ3n) is 6.60. The third kappa shape index (κ3) is 4.57. The van der Waals surface area contributed by atoms with Gasteiger partial charge in [0.15, 0.2) is 0 Å². The SMILES string of the molecule is Cc1c(-c2cc(C(=O)[O-])c3c(O[C@H]4CCC[C@H](C)C4)ccc(C)c3n2)sc2ccccc12.[Na+]. The summed E-state index contributed by atoms with van der Waals surface area (Å²) in [7, 11) is 0. The molecule has 0 saturated heterocycles. The van der Waals surface area contributed by atoms with E-state index in [1.807, 2.05) is 31.2 Å². The van der Waals surface area contributed by atoms with E-state index in [1.54, 1.807) is 17.4 Å². The van der Waals surface area contributed by atoms with Gasteiger partial charge >= 0.3 is 29.6 Å². The van der Waals surface area contributed by atoms with Crippen LogP contribution < -0.4 is 39.4 Å². The van der Waals surface area contributed by atoms with Crippen molar-refractivity contribution in [2.45, 2.75) is 52.6 Å². The third-order valence-corrected chi connectivity index (χ3v) is 7.90. The van der Waals surface area contributed by atoms with Crippen molar-refractivity contribution in [2.75, 3.05) is 0 Å². The number of aromatic carboxylic acids is 1. The van der Waals surface area contributed by atoms with Crippen molar-refractivity contribution >= 4 is 38.3 Å². The van der Waals surface area contributed by atoms with Crippen LogP contribution in [0.1, 0.15) is 54.1 Å². The summed E-state index contributed by atoms with van der Waals surface area (Å²) in [4.78, 5) is 18.2. The molecular formula is C27H26NNaO3S. The first-order valence-electron chi connectivity index (χ1n) is 11.2. The molecule has 2 aromatic carbocycles. The number of thiophene rings is 1. The van der Waals surface area contributed by atoms with E-state index >= 15 is 0 Å². The van der Waals surface area contributed by atoms with Crippen molar-refractivity contribution in [1.82, 2.24) is 4.98 Å². The molecule has 1 aliphatic carbocycles. The van der Waals surface area contributed by atoms with Crippen molar-refractivity contribution in [2.24, 2.45) is 5.92 Å². The molecule has 5 rings (SSSR count). The maximum absolute atomic E-state index is 12.3. The van der Waals surface area contributed by atoms with Gasteiger partial charge in [0.2, 0.25) is 0 Å². The summed E-state index contributed by atoms with van der Waals surface area (Å²) in [6.45, 7) is 6.27. The van der Waals surface area contributed by atoms with E-state index in [0.717, 1.165) is 40.0 Å². The summed E-state index contributed by atoms with van der Waals surface area (Å²) in [6, 6.07) is 13.7. The van der Waals surface area contributed by atoms with Gasteiger partial charge in [-0.05, 0) is 73.7 Å². The first kappa shape index (κ1) is 24.2. The Kier molecular flexibility index (Phi) is 7.15. The number of fused-ring (bicyclic) bond motifs is 2. The number of nitrogens with zero attached hydrogens (tertiary/aromatic N) is 1. The zero-order chi connectivity index (χ0) is 22.4. The van der Waals surface area contributed by atoms with Gasteiger partial charge in [0, 0.05) is 10.3 Å². The minimum atomic E-state index is -1.20. The first-order valence-corrected chi connectivity index (χ1v) is 12.0. The van der Waals surface area contributed by atoms with Gasteiger partial charge in [-0.1, -0.05) is 37.6 Å². The van der Waals surface area contributed by atoms with Crippen molar-refractivity contribution in [1.29, 1.82) is 0 Å². The van der Waals surface area contributed by atoms with Crippen LogP contribution in [-0.4, -0.2) is 17.1 Å². The number of carboxylic acid groups (broad SMARTS) is 1. The van der Waals surface area contributed by atoms with Crippen LogP contribution in [0, 0.1) is 19.8 Å². The number of carboxylic acids is 1. The fourth-order valence-corrected chi connectivity index (χ4v) is 6.07. The van der Waals surface area contributed by atoms with E-state index in [9.17, 15) is 9.90 Å². The van der Waals surface area contributed by atoms with Crippen molar-refractivity contribution < 1.29 is 44.2 Å². The second-order valence-electron chi connectivity index (χ2n) is 9.01. The van der Waals surface area contributed by atoms with Crippen molar-refractivity contribution in [3.05, 3.63) is 59.2 Å². The van der Waals surface area contributed by atoms with Crippen LogP contribution in [0.15, 0.2) is 42.5 Å². The molecule has 4 aromatic rings. The summed E-state index contributed by atoms with van der Waals surface area (Å²) in [5, 5.41) is 14.0. The minimum absolute atomic E-state index is 0. The number of aromatic nitrogens is 1. The number of hydrogen-bond acceptors (Lipinski definition) is 5. The number of hydrogen-bond donors (Lipinski definition) is 0. The molecule has 0 radical (unpaired) electrons. The van der Waals surface area contributed by atoms with Crippen molar-refractivity contribution in [3.8, 4) is 16.3 Å². The molecule has 6 heteroatoms. The van der Waals surface area contributed by atoms with Crippen LogP contribution >= 0.6 is 11.3 Å². The average Bonchev–Trinajstić information content (AvgIpc) is 3.12. The van der Waals surface area contributed by atoms with Crippen LogP contribution in [-0.2, 0) is 0 Å². The molecule has 2 heterocycles. The maximum atomic E-state index is 12.3. The van der Waals surface area contributed by atoms with Gasteiger partial charge in [-0.15, -0.1) is 11.3 Å². The molecule has 1 aliphatic rings. The second-order valence-corrected chi connectivity index (χ2v) is 10.1. The van der Waals surface area contributed by atoms with Gasteiger partial charge in [0.1, 0.15) is 5.75 Å². The van der Waals surface area contributed by atoms with E-state index in [-0.39, 0.29) is 41.2 Å². The molecule has 0 aliphatic heterocycles. The molecule has 164 valence electrons. The number of benzene rings is 2. The number of carbonyl (C=O) groups excluding carboxylic acids is 1. The van der Waals surface area contributed by atoms with E-state index in [4.69, 9.17) is 9.72 Å². The van der Waals surface area contributed by atoms with E-state index in [0.29, 0.717) is 28.3 Å². The Morgan fingerprint density at radius 3 is 2.67 bits per heavy atom. The van der Waals surface area contributed by atoms with E-state index in [2.05, 4.69) is 26.0 Å². The second kappa shape index (κ2) is 9.75. The zero-order valence-corrected chi connectivity index (χ0v) is 22.4. The zero-order valence-electron chi connectivity index (χ0n) is 19.6. The molecule has 0 bridgehead atoms. The van der Waals surface area contributed by atoms with E-state index < -0.39 is 5.97 Å². The largest absolute Gasteiger partial charge is 1.00 e. The topological polar surface area (TPSA) is 62.2 Å². The van der Waals surface area contributed by atoms with Gasteiger partial charge < -0.3 is 14.6 Å². The van der Waals surface area contributed by atoms with Gasteiger partial charge in [-0.3, -0.25) is 0 Å². The van der Waals surface area contributed by atoms with Crippen LogP contribution in [0.3, 0.4) is 0 Å². The van der Waals surface area contributed by atoms with Crippen LogP contribution in [0.25, 0.3) is 31.6 Å². The smallest absolute Gasteiger partial charge is 0.545 e. The molecule has 0 spiro atoms. The molecule has 2 aromatic heterocycles. The Hall–Kier alpha value is -1.92. The average molecular weight is 468 g/mol. The number of ether oxygens (including phenoxy) is 1. The Balaban J connectivity index is 0.00000259. The molecule has 2 atom stereocenters. The van der Waals surface area contributed by atoms with Gasteiger partial charge in [-0.25, -0.2) is 4.98 Å². The Morgan fingerprint density at radius 1 is 1.15 bits per heavy atom. The Morgan fingerprint density at radius 2 is 1.94 bits per heavy atom.